The maximum absolute atomic E-state index is 12.0. The van der Waals surface area contributed by atoms with E-state index in [1.54, 1.807) is 7.11 Å². The van der Waals surface area contributed by atoms with E-state index in [0.717, 1.165) is 28.3 Å². The van der Waals surface area contributed by atoms with Crippen LogP contribution in [0.5, 0.6) is 17.2 Å². The Bertz CT molecular complexity index is 814. The molecule has 1 unspecified atom stereocenters. The van der Waals surface area contributed by atoms with Gasteiger partial charge in [-0.1, -0.05) is 6.07 Å². The molecule has 6 nitrogen and oxygen atoms in total. The minimum atomic E-state index is -0.245. The Labute approximate surface area is 139 Å². The number of carbonyl (C=O) groups excluding carboxylic acids is 1. The minimum Gasteiger partial charge on any atom is -0.497 e. The standard InChI is InChI=1S/C18H16N2O4/c1-22-13-5-2-11(3-6-13)14-9-15(20-18(21)19-14)12-4-7-16-17(8-12)24-10-23-16/h2-9,15H,10H2,1H3,(H2,19,20,21). The first-order valence-corrected chi connectivity index (χ1v) is 7.56. The molecular formula is C18H16N2O4. The first-order chi connectivity index (χ1) is 11.7. The molecule has 0 bridgehead atoms. The Hall–Kier alpha value is -3.15. The second-order valence-electron chi connectivity index (χ2n) is 5.50. The predicted molar refractivity (Wildman–Crippen MR) is 87.9 cm³/mol. The number of urea groups is 1. The molecule has 0 spiro atoms. The van der Waals surface area contributed by atoms with Crippen LogP contribution in [-0.4, -0.2) is 19.9 Å². The van der Waals surface area contributed by atoms with Gasteiger partial charge in [0, 0.05) is 5.70 Å². The van der Waals surface area contributed by atoms with Gasteiger partial charge < -0.3 is 24.8 Å². The molecule has 2 heterocycles. The van der Waals surface area contributed by atoms with Gasteiger partial charge in [0.15, 0.2) is 11.5 Å². The highest BCUT2D eigenvalue weighted by atomic mass is 16.7. The average molecular weight is 324 g/mol. The first kappa shape index (κ1) is 14.4. The normalized spacial score (nSPS) is 18.5. The number of amides is 2. The fourth-order valence-corrected chi connectivity index (χ4v) is 2.77. The van der Waals surface area contributed by atoms with Gasteiger partial charge in [-0.05, 0) is 53.6 Å². The van der Waals surface area contributed by atoms with Gasteiger partial charge in [-0.3, -0.25) is 0 Å². The van der Waals surface area contributed by atoms with E-state index in [9.17, 15) is 4.79 Å². The molecule has 0 saturated heterocycles. The van der Waals surface area contributed by atoms with Crippen molar-refractivity contribution in [1.82, 2.24) is 10.6 Å². The van der Waals surface area contributed by atoms with Gasteiger partial charge in [-0.2, -0.15) is 0 Å². The van der Waals surface area contributed by atoms with E-state index < -0.39 is 0 Å². The number of benzene rings is 2. The number of hydrogen-bond acceptors (Lipinski definition) is 4. The van der Waals surface area contributed by atoms with E-state index in [2.05, 4.69) is 10.6 Å². The zero-order valence-corrected chi connectivity index (χ0v) is 13.0. The molecule has 2 aliphatic rings. The van der Waals surface area contributed by atoms with Crippen molar-refractivity contribution >= 4 is 11.7 Å². The molecule has 24 heavy (non-hydrogen) atoms. The summed E-state index contributed by atoms with van der Waals surface area (Å²) in [6.45, 7) is 0.226. The lowest BCUT2D eigenvalue weighted by Gasteiger charge is -2.24. The number of carbonyl (C=O) groups is 1. The number of fused-ring (bicyclic) bond motifs is 1. The molecule has 0 radical (unpaired) electrons. The molecule has 2 amide bonds. The average Bonchev–Trinajstić information content (AvgIpc) is 3.09. The van der Waals surface area contributed by atoms with Gasteiger partial charge in [-0.15, -0.1) is 0 Å². The zero-order valence-electron chi connectivity index (χ0n) is 13.0. The summed E-state index contributed by atoms with van der Waals surface area (Å²) in [5, 5.41) is 5.74. The third kappa shape index (κ3) is 2.62. The van der Waals surface area contributed by atoms with E-state index in [4.69, 9.17) is 14.2 Å². The number of rotatable bonds is 3. The molecule has 122 valence electrons. The Balaban J connectivity index is 1.66. The van der Waals surface area contributed by atoms with Gasteiger partial charge in [-0.25, -0.2) is 4.79 Å². The maximum Gasteiger partial charge on any atom is 0.319 e. The summed E-state index contributed by atoms with van der Waals surface area (Å²) in [6, 6.07) is 12.7. The van der Waals surface area contributed by atoms with Crippen LogP contribution in [0.15, 0.2) is 48.5 Å². The highest BCUT2D eigenvalue weighted by Gasteiger charge is 2.23. The van der Waals surface area contributed by atoms with Crippen molar-refractivity contribution in [2.24, 2.45) is 0 Å². The third-order valence-corrected chi connectivity index (χ3v) is 4.02. The summed E-state index contributed by atoms with van der Waals surface area (Å²) in [5.74, 6) is 2.19. The van der Waals surface area contributed by atoms with Crippen molar-refractivity contribution < 1.29 is 19.0 Å². The van der Waals surface area contributed by atoms with Crippen LogP contribution < -0.4 is 24.8 Å². The van der Waals surface area contributed by atoms with Crippen LogP contribution in [0.25, 0.3) is 5.70 Å². The van der Waals surface area contributed by atoms with E-state index in [1.807, 2.05) is 48.5 Å². The van der Waals surface area contributed by atoms with Crippen molar-refractivity contribution in [2.45, 2.75) is 6.04 Å². The summed E-state index contributed by atoms with van der Waals surface area (Å²) in [6.07, 6.45) is 1.97. The van der Waals surface area contributed by atoms with Crippen molar-refractivity contribution in [1.29, 1.82) is 0 Å². The number of methoxy groups -OCH3 is 1. The van der Waals surface area contributed by atoms with Crippen molar-refractivity contribution in [3.8, 4) is 17.2 Å². The van der Waals surface area contributed by atoms with Crippen LogP contribution >= 0.6 is 0 Å². The van der Waals surface area contributed by atoms with E-state index in [1.165, 1.54) is 0 Å². The first-order valence-electron chi connectivity index (χ1n) is 7.56. The minimum absolute atomic E-state index is 0.226. The quantitative estimate of drug-likeness (QED) is 0.911. The van der Waals surface area contributed by atoms with Crippen molar-refractivity contribution in [3.63, 3.8) is 0 Å². The van der Waals surface area contributed by atoms with E-state index in [-0.39, 0.29) is 18.9 Å². The Morgan fingerprint density at radius 3 is 2.67 bits per heavy atom. The largest absolute Gasteiger partial charge is 0.497 e. The lowest BCUT2D eigenvalue weighted by atomic mass is 10.0. The molecule has 2 aromatic carbocycles. The summed E-state index contributed by atoms with van der Waals surface area (Å²) in [4.78, 5) is 12.0. The summed E-state index contributed by atoms with van der Waals surface area (Å²) < 4.78 is 15.9. The van der Waals surface area contributed by atoms with Crippen molar-refractivity contribution in [3.05, 3.63) is 59.7 Å². The van der Waals surface area contributed by atoms with Gasteiger partial charge >= 0.3 is 6.03 Å². The fourth-order valence-electron chi connectivity index (χ4n) is 2.77. The lowest BCUT2D eigenvalue weighted by Crippen LogP contribution is -2.40. The summed E-state index contributed by atoms with van der Waals surface area (Å²) in [5.41, 5.74) is 2.60. The predicted octanol–water partition coefficient (Wildman–Crippen LogP) is 2.82. The van der Waals surface area contributed by atoms with Crippen LogP contribution in [0.4, 0.5) is 4.79 Å². The van der Waals surface area contributed by atoms with Gasteiger partial charge in [0.25, 0.3) is 0 Å². The maximum atomic E-state index is 12.0. The van der Waals surface area contributed by atoms with E-state index >= 15 is 0 Å². The highest BCUT2D eigenvalue weighted by Crippen LogP contribution is 2.35. The Morgan fingerprint density at radius 1 is 1.08 bits per heavy atom. The second kappa shape index (κ2) is 5.81. The molecule has 0 aromatic heterocycles. The summed E-state index contributed by atoms with van der Waals surface area (Å²) >= 11 is 0. The number of nitrogens with one attached hydrogen (secondary N) is 2. The Kier molecular flexibility index (Phi) is 3.49. The number of hydrogen-bond donors (Lipinski definition) is 2. The fraction of sp³-hybridized carbons (Fsp3) is 0.167. The smallest absolute Gasteiger partial charge is 0.319 e. The molecule has 4 rings (SSSR count). The molecule has 2 aliphatic heterocycles. The molecule has 0 fully saturated rings. The van der Waals surface area contributed by atoms with Gasteiger partial charge in [0.1, 0.15) is 5.75 Å². The van der Waals surface area contributed by atoms with Crippen LogP contribution in [0, 0.1) is 0 Å². The summed E-state index contributed by atoms with van der Waals surface area (Å²) in [7, 11) is 1.62. The van der Waals surface area contributed by atoms with Gasteiger partial charge in [0.05, 0.1) is 13.2 Å². The molecular weight excluding hydrogens is 308 g/mol. The van der Waals surface area contributed by atoms with Crippen molar-refractivity contribution in [2.75, 3.05) is 13.9 Å². The van der Waals surface area contributed by atoms with Gasteiger partial charge in [0.2, 0.25) is 6.79 Å². The van der Waals surface area contributed by atoms with Crippen LogP contribution in [0.2, 0.25) is 0 Å². The SMILES string of the molecule is COc1ccc(C2=CC(c3ccc4c(c3)OCO4)NC(=O)N2)cc1. The zero-order chi connectivity index (χ0) is 16.5. The molecule has 6 heteroatoms. The molecule has 1 atom stereocenters. The van der Waals surface area contributed by atoms with Crippen LogP contribution in [-0.2, 0) is 0 Å². The number of ether oxygens (including phenoxy) is 3. The monoisotopic (exact) mass is 324 g/mol. The molecule has 2 N–H and O–H groups in total. The molecule has 2 aromatic rings. The molecule has 0 aliphatic carbocycles. The van der Waals surface area contributed by atoms with Crippen LogP contribution in [0.1, 0.15) is 17.2 Å². The topological polar surface area (TPSA) is 68.8 Å². The molecule has 0 saturated carbocycles. The van der Waals surface area contributed by atoms with E-state index in [0.29, 0.717) is 5.75 Å². The third-order valence-electron chi connectivity index (χ3n) is 4.02. The van der Waals surface area contributed by atoms with Crippen LogP contribution in [0.3, 0.4) is 0 Å². The lowest BCUT2D eigenvalue weighted by molar-refractivity contribution is 0.174. The highest BCUT2D eigenvalue weighted by molar-refractivity contribution is 5.88. The Morgan fingerprint density at radius 2 is 1.88 bits per heavy atom. The second-order valence-corrected chi connectivity index (χ2v) is 5.50.